The average molecular weight is 299 g/mol. The van der Waals surface area contributed by atoms with Crippen LogP contribution in [0.15, 0.2) is 42.7 Å². The van der Waals surface area contributed by atoms with E-state index in [0.29, 0.717) is 22.0 Å². The Morgan fingerprint density at radius 2 is 2.19 bits per heavy atom. The number of pyridine rings is 1. The summed E-state index contributed by atoms with van der Waals surface area (Å²) < 4.78 is 6.22. The van der Waals surface area contributed by atoms with Crippen LogP contribution in [0.25, 0.3) is 10.1 Å². The molecule has 3 N–H and O–H groups in total. The predicted molar refractivity (Wildman–Crippen MR) is 85.0 cm³/mol. The highest BCUT2D eigenvalue weighted by molar-refractivity contribution is 7.21. The van der Waals surface area contributed by atoms with Crippen molar-refractivity contribution in [2.75, 3.05) is 18.2 Å². The first-order valence-corrected chi connectivity index (χ1v) is 7.08. The van der Waals surface area contributed by atoms with Crippen molar-refractivity contribution in [1.29, 1.82) is 0 Å². The molecule has 0 bridgehead atoms. The maximum Gasteiger partial charge on any atom is 0.267 e. The molecule has 0 saturated heterocycles. The normalized spacial score (nSPS) is 10.5. The van der Waals surface area contributed by atoms with Gasteiger partial charge >= 0.3 is 0 Å². The van der Waals surface area contributed by atoms with Gasteiger partial charge in [0.15, 0.2) is 0 Å². The zero-order valence-electron chi connectivity index (χ0n) is 11.3. The number of aromatic nitrogens is 1. The number of ether oxygens (including phenoxy) is 1. The van der Waals surface area contributed by atoms with Crippen molar-refractivity contribution < 1.29 is 9.53 Å². The molecule has 0 atom stereocenters. The van der Waals surface area contributed by atoms with Gasteiger partial charge in [-0.15, -0.1) is 11.3 Å². The molecule has 21 heavy (non-hydrogen) atoms. The van der Waals surface area contributed by atoms with E-state index in [9.17, 15) is 4.79 Å². The second-order valence-corrected chi connectivity index (χ2v) is 5.43. The Kier molecular flexibility index (Phi) is 3.45. The lowest BCUT2D eigenvalue weighted by atomic mass is 10.2. The fraction of sp³-hybridized carbons (Fsp3) is 0.0667. The zero-order valence-corrected chi connectivity index (χ0v) is 12.1. The number of nitrogen functional groups attached to an aromatic ring is 1. The number of fused-ring (bicyclic) bond motifs is 1. The van der Waals surface area contributed by atoms with Crippen molar-refractivity contribution >= 4 is 38.7 Å². The third kappa shape index (κ3) is 2.41. The maximum atomic E-state index is 12.4. The molecular formula is C15H13N3O2S. The van der Waals surface area contributed by atoms with Gasteiger partial charge in [0.25, 0.3) is 5.91 Å². The first-order valence-electron chi connectivity index (χ1n) is 6.27. The number of hydrogen-bond donors (Lipinski definition) is 2. The number of nitrogens with two attached hydrogens (primary N) is 1. The summed E-state index contributed by atoms with van der Waals surface area (Å²) in [6.07, 6.45) is 3.23. The van der Waals surface area contributed by atoms with Crippen LogP contribution in [0.4, 0.5) is 11.4 Å². The number of benzene rings is 1. The minimum atomic E-state index is -0.247. The molecule has 6 heteroatoms. The molecule has 0 aliphatic rings. The highest BCUT2D eigenvalue weighted by Crippen LogP contribution is 2.39. The third-order valence-corrected chi connectivity index (χ3v) is 4.23. The Morgan fingerprint density at radius 3 is 2.90 bits per heavy atom. The lowest BCUT2D eigenvalue weighted by Gasteiger charge is -2.04. The zero-order chi connectivity index (χ0) is 14.8. The number of nitrogens with one attached hydrogen (secondary N) is 1. The number of hydrogen-bond acceptors (Lipinski definition) is 5. The average Bonchev–Trinajstić information content (AvgIpc) is 2.86. The molecular weight excluding hydrogens is 286 g/mol. The lowest BCUT2D eigenvalue weighted by Crippen LogP contribution is -2.12. The highest BCUT2D eigenvalue weighted by atomic mass is 32.1. The molecule has 2 aromatic heterocycles. The summed E-state index contributed by atoms with van der Waals surface area (Å²) in [4.78, 5) is 16.8. The van der Waals surface area contributed by atoms with E-state index < -0.39 is 0 Å². The summed E-state index contributed by atoms with van der Waals surface area (Å²) in [5.41, 5.74) is 7.19. The summed E-state index contributed by atoms with van der Waals surface area (Å²) in [6, 6.07) is 9.15. The van der Waals surface area contributed by atoms with Gasteiger partial charge in [0.1, 0.15) is 10.6 Å². The van der Waals surface area contributed by atoms with E-state index in [1.807, 2.05) is 18.2 Å². The van der Waals surface area contributed by atoms with Gasteiger partial charge in [0.05, 0.1) is 30.1 Å². The molecule has 0 unspecified atom stereocenters. The van der Waals surface area contributed by atoms with E-state index in [4.69, 9.17) is 10.5 Å². The van der Waals surface area contributed by atoms with Gasteiger partial charge in [-0.05, 0) is 24.3 Å². The van der Waals surface area contributed by atoms with Crippen molar-refractivity contribution in [2.45, 2.75) is 0 Å². The van der Waals surface area contributed by atoms with E-state index in [2.05, 4.69) is 10.3 Å². The minimum Gasteiger partial charge on any atom is -0.496 e. The van der Waals surface area contributed by atoms with Gasteiger partial charge in [0, 0.05) is 10.9 Å². The Morgan fingerprint density at radius 1 is 1.33 bits per heavy atom. The molecule has 5 nitrogen and oxygen atoms in total. The Labute approximate surface area is 125 Å². The van der Waals surface area contributed by atoms with Crippen LogP contribution in [-0.4, -0.2) is 18.0 Å². The molecule has 1 amide bonds. The van der Waals surface area contributed by atoms with Gasteiger partial charge in [-0.2, -0.15) is 0 Å². The first kappa shape index (κ1) is 13.4. The smallest absolute Gasteiger partial charge is 0.267 e. The van der Waals surface area contributed by atoms with Crippen molar-refractivity contribution in [3.8, 4) is 5.75 Å². The fourth-order valence-electron chi connectivity index (χ4n) is 2.10. The largest absolute Gasteiger partial charge is 0.496 e. The van der Waals surface area contributed by atoms with Crippen LogP contribution < -0.4 is 15.8 Å². The monoisotopic (exact) mass is 299 g/mol. The van der Waals surface area contributed by atoms with Gasteiger partial charge < -0.3 is 15.8 Å². The molecule has 0 saturated carbocycles. The molecule has 106 valence electrons. The van der Waals surface area contributed by atoms with Crippen LogP contribution >= 0.6 is 11.3 Å². The van der Waals surface area contributed by atoms with Crippen LogP contribution in [0.5, 0.6) is 5.75 Å². The summed E-state index contributed by atoms with van der Waals surface area (Å²) in [5.74, 6) is 0.422. The number of methoxy groups -OCH3 is 1. The number of nitrogens with zero attached hydrogens (tertiary/aromatic N) is 1. The van der Waals surface area contributed by atoms with Crippen LogP contribution in [0.2, 0.25) is 0 Å². The second-order valence-electron chi connectivity index (χ2n) is 4.37. The van der Waals surface area contributed by atoms with Crippen molar-refractivity contribution in [3.05, 3.63) is 47.6 Å². The van der Waals surface area contributed by atoms with Crippen molar-refractivity contribution in [3.63, 3.8) is 0 Å². The van der Waals surface area contributed by atoms with Crippen LogP contribution in [0.1, 0.15) is 9.67 Å². The molecule has 0 aliphatic heterocycles. The van der Waals surface area contributed by atoms with Crippen LogP contribution in [0.3, 0.4) is 0 Å². The van der Waals surface area contributed by atoms with E-state index in [-0.39, 0.29) is 5.91 Å². The molecule has 0 fully saturated rings. The van der Waals surface area contributed by atoms with Gasteiger partial charge in [-0.1, -0.05) is 6.07 Å². The van der Waals surface area contributed by atoms with Gasteiger partial charge in [-0.3, -0.25) is 9.78 Å². The summed E-state index contributed by atoms with van der Waals surface area (Å²) in [5, 5.41) is 3.56. The van der Waals surface area contributed by atoms with Crippen LogP contribution in [0, 0.1) is 0 Å². The summed E-state index contributed by atoms with van der Waals surface area (Å²) >= 11 is 1.34. The van der Waals surface area contributed by atoms with Crippen molar-refractivity contribution in [1.82, 2.24) is 4.98 Å². The Balaban J connectivity index is 2.01. The maximum absolute atomic E-state index is 12.4. The summed E-state index contributed by atoms with van der Waals surface area (Å²) in [7, 11) is 1.58. The minimum absolute atomic E-state index is 0.247. The Hall–Kier alpha value is -2.60. The number of amides is 1. The van der Waals surface area contributed by atoms with E-state index in [1.165, 1.54) is 11.3 Å². The molecule has 0 spiro atoms. The number of thiophene rings is 1. The van der Waals surface area contributed by atoms with Crippen LogP contribution in [-0.2, 0) is 0 Å². The number of rotatable bonds is 3. The predicted octanol–water partition coefficient (Wildman–Crippen LogP) is 3.14. The van der Waals surface area contributed by atoms with E-state index in [1.54, 1.807) is 31.6 Å². The topological polar surface area (TPSA) is 77.2 Å². The lowest BCUT2D eigenvalue weighted by molar-refractivity contribution is 0.103. The highest BCUT2D eigenvalue weighted by Gasteiger charge is 2.19. The van der Waals surface area contributed by atoms with E-state index >= 15 is 0 Å². The Bertz CT molecular complexity index is 799. The number of anilines is 2. The molecule has 0 radical (unpaired) electrons. The first-order chi connectivity index (χ1) is 10.2. The third-order valence-electron chi connectivity index (χ3n) is 3.06. The van der Waals surface area contributed by atoms with Crippen molar-refractivity contribution in [2.24, 2.45) is 0 Å². The number of carbonyl (C=O) groups is 1. The van der Waals surface area contributed by atoms with Gasteiger partial charge in [-0.25, -0.2) is 0 Å². The molecule has 2 heterocycles. The number of carbonyl (C=O) groups excluding carboxylic acids is 1. The molecule has 3 rings (SSSR count). The molecule has 0 aliphatic carbocycles. The quantitative estimate of drug-likeness (QED) is 0.779. The standard InChI is InChI=1S/C15H13N3O2S/c1-20-10-5-2-6-11-12(10)13(16)14(21-11)15(19)18-9-4-3-7-17-8-9/h2-8H,16H2,1H3,(H,18,19). The second kappa shape index (κ2) is 5.41. The fourth-order valence-corrected chi connectivity index (χ4v) is 3.14. The van der Waals surface area contributed by atoms with E-state index in [0.717, 1.165) is 10.1 Å². The summed E-state index contributed by atoms with van der Waals surface area (Å²) in [6.45, 7) is 0. The SMILES string of the molecule is COc1cccc2sc(C(=O)Nc3cccnc3)c(N)c12. The molecule has 1 aromatic carbocycles. The van der Waals surface area contributed by atoms with Gasteiger partial charge in [0.2, 0.25) is 0 Å². The molecule has 3 aromatic rings.